The predicted molar refractivity (Wildman–Crippen MR) is 78.9 cm³/mol. The normalized spacial score (nSPS) is 12.2. The number of nitrogens with zero attached hydrogens (tertiary/aromatic N) is 4. The van der Waals surface area contributed by atoms with Gasteiger partial charge in [-0.05, 0) is 11.5 Å². The van der Waals surface area contributed by atoms with Crippen LogP contribution < -0.4 is 5.56 Å². The van der Waals surface area contributed by atoms with E-state index in [0.29, 0.717) is 16.9 Å². The van der Waals surface area contributed by atoms with Gasteiger partial charge in [-0.2, -0.15) is 0 Å². The Kier molecular flexibility index (Phi) is 2.75. The molecule has 104 valence electrons. The fourth-order valence-corrected chi connectivity index (χ4v) is 2.97. The van der Waals surface area contributed by atoms with Gasteiger partial charge in [0.2, 0.25) is 0 Å². The summed E-state index contributed by atoms with van der Waals surface area (Å²) in [6.45, 7) is 6.36. The predicted octanol–water partition coefficient (Wildman–Crippen LogP) is 2.08. The van der Waals surface area contributed by atoms with Crippen molar-refractivity contribution in [1.82, 2.24) is 25.0 Å². The van der Waals surface area contributed by atoms with Crippen molar-refractivity contribution < 1.29 is 0 Å². The molecule has 0 spiro atoms. The number of rotatable bonds is 1. The van der Waals surface area contributed by atoms with Crippen LogP contribution in [0.2, 0.25) is 0 Å². The van der Waals surface area contributed by atoms with E-state index in [1.165, 1.54) is 0 Å². The number of fused-ring (bicyclic) bond motifs is 1. The summed E-state index contributed by atoms with van der Waals surface area (Å²) in [5.74, 6) is 0.456. The van der Waals surface area contributed by atoms with E-state index < -0.39 is 0 Å². The van der Waals surface area contributed by atoms with E-state index in [4.69, 9.17) is 0 Å². The average Bonchev–Trinajstić information content (AvgIpc) is 2.94. The molecule has 3 rings (SSSR count). The van der Waals surface area contributed by atoms with Gasteiger partial charge in [-0.15, -0.1) is 16.4 Å². The lowest BCUT2D eigenvalue weighted by molar-refractivity contribution is 0.604. The molecule has 0 radical (unpaired) electrons. The third-order valence-electron chi connectivity index (χ3n) is 2.99. The van der Waals surface area contributed by atoms with Crippen molar-refractivity contribution in [1.29, 1.82) is 0 Å². The van der Waals surface area contributed by atoms with Crippen LogP contribution in [0.5, 0.6) is 0 Å². The fourth-order valence-electron chi connectivity index (χ4n) is 1.88. The van der Waals surface area contributed by atoms with Crippen LogP contribution in [-0.2, 0) is 12.5 Å². The van der Waals surface area contributed by atoms with Crippen molar-refractivity contribution in [3.05, 3.63) is 27.5 Å². The first-order valence-electron chi connectivity index (χ1n) is 6.25. The van der Waals surface area contributed by atoms with Crippen LogP contribution in [0.25, 0.3) is 21.7 Å². The molecule has 0 aliphatic rings. The smallest absolute Gasteiger partial charge is 0.259 e. The van der Waals surface area contributed by atoms with Gasteiger partial charge in [-0.1, -0.05) is 26.0 Å². The second-order valence-corrected chi connectivity index (χ2v) is 6.80. The molecule has 0 aromatic carbocycles. The van der Waals surface area contributed by atoms with Gasteiger partial charge in [-0.25, -0.2) is 4.98 Å². The number of hydrogen-bond acceptors (Lipinski definition) is 5. The number of H-pyrrole nitrogens is 1. The van der Waals surface area contributed by atoms with Crippen LogP contribution in [0.1, 0.15) is 25.6 Å². The van der Waals surface area contributed by atoms with Crippen molar-refractivity contribution >= 4 is 21.6 Å². The lowest BCUT2D eigenvalue weighted by Crippen LogP contribution is -2.09. The van der Waals surface area contributed by atoms with Crippen LogP contribution in [0.15, 0.2) is 17.1 Å². The Bertz CT molecular complexity index is 836. The Balaban J connectivity index is 2.21. The lowest BCUT2D eigenvalue weighted by atomic mass is 9.94. The molecule has 0 saturated heterocycles. The molecule has 0 fully saturated rings. The van der Waals surface area contributed by atoms with E-state index in [2.05, 4.69) is 41.1 Å². The Hall–Kier alpha value is -2.02. The monoisotopic (exact) mass is 289 g/mol. The van der Waals surface area contributed by atoms with Crippen molar-refractivity contribution in [2.75, 3.05) is 0 Å². The van der Waals surface area contributed by atoms with Crippen LogP contribution >= 0.6 is 11.3 Å². The number of aromatic amines is 1. The number of thiophene rings is 1. The average molecular weight is 289 g/mol. The van der Waals surface area contributed by atoms with Gasteiger partial charge in [-0.3, -0.25) is 9.48 Å². The van der Waals surface area contributed by atoms with E-state index in [1.807, 2.05) is 6.07 Å². The molecule has 0 bridgehead atoms. The van der Waals surface area contributed by atoms with Crippen molar-refractivity contribution in [2.45, 2.75) is 26.2 Å². The van der Waals surface area contributed by atoms with Gasteiger partial charge in [0, 0.05) is 11.9 Å². The van der Waals surface area contributed by atoms with Gasteiger partial charge in [0.05, 0.1) is 11.6 Å². The molecule has 0 unspecified atom stereocenters. The highest BCUT2D eigenvalue weighted by atomic mass is 32.1. The van der Waals surface area contributed by atoms with Crippen LogP contribution in [0.3, 0.4) is 0 Å². The van der Waals surface area contributed by atoms with E-state index in [0.717, 1.165) is 9.71 Å². The summed E-state index contributed by atoms with van der Waals surface area (Å²) in [4.78, 5) is 21.3. The minimum atomic E-state index is -0.137. The van der Waals surface area contributed by atoms with E-state index in [1.54, 1.807) is 29.3 Å². The Morgan fingerprint density at radius 2 is 2.10 bits per heavy atom. The highest BCUT2D eigenvalue weighted by Gasteiger charge is 2.19. The summed E-state index contributed by atoms with van der Waals surface area (Å²) in [6.07, 6.45) is 1.72. The molecule has 0 aliphatic heterocycles. The fraction of sp³-hybridized carbons (Fsp3) is 0.385. The second-order valence-electron chi connectivity index (χ2n) is 5.77. The molecule has 7 heteroatoms. The van der Waals surface area contributed by atoms with Crippen molar-refractivity contribution in [2.24, 2.45) is 7.05 Å². The molecule has 3 aromatic rings. The SMILES string of the molecule is Cn1cc(-c2nc3sc(C(C)(C)C)cc3c(=O)[nH]2)nn1. The maximum atomic E-state index is 12.2. The topological polar surface area (TPSA) is 76.5 Å². The van der Waals surface area contributed by atoms with Gasteiger partial charge in [0.15, 0.2) is 5.82 Å². The summed E-state index contributed by atoms with van der Waals surface area (Å²) in [7, 11) is 1.77. The summed E-state index contributed by atoms with van der Waals surface area (Å²) in [5.41, 5.74) is 0.435. The summed E-state index contributed by atoms with van der Waals surface area (Å²) >= 11 is 1.55. The van der Waals surface area contributed by atoms with Crippen LogP contribution in [0, 0.1) is 0 Å². The van der Waals surface area contributed by atoms with Crippen LogP contribution in [-0.4, -0.2) is 25.0 Å². The zero-order chi connectivity index (χ0) is 14.5. The standard InChI is InChI=1S/C13H15N5OS/c1-13(2,3)9-5-7-11(19)14-10(15-12(7)20-9)8-6-18(4)17-16-8/h5-6H,1-4H3,(H,14,15,19). The maximum absolute atomic E-state index is 12.2. The minimum Gasteiger partial charge on any atom is -0.305 e. The molecule has 0 atom stereocenters. The third kappa shape index (κ3) is 2.14. The summed E-state index contributed by atoms with van der Waals surface area (Å²) < 4.78 is 1.58. The number of aryl methyl sites for hydroxylation is 1. The largest absolute Gasteiger partial charge is 0.305 e. The second kappa shape index (κ2) is 4.24. The number of aromatic nitrogens is 5. The highest BCUT2D eigenvalue weighted by Crippen LogP contribution is 2.32. The van der Waals surface area contributed by atoms with E-state index in [-0.39, 0.29) is 11.0 Å². The molecule has 1 N–H and O–H groups in total. The van der Waals surface area contributed by atoms with Crippen LogP contribution in [0.4, 0.5) is 0 Å². The first kappa shape index (κ1) is 13.0. The molecule has 3 aromatic heterocycles. The van der Waals surface area contributed by atoms with Gasteiger partial charge < -0.3 is 4.98 Å². The number of hydrogen-bond donors (Lipinski definition) is 1. The molecule has 3 heterocycles. The first-order chi connectivity index (χ1) is 9.34. The number of nitrogens with one attached hydrogen (secondary N) is 1. The molecule has 0 aliphatic carbocycles. The minimum absolute atomic E-state index is 0.00449. The third-order valence-corrected chi connectivity index (χ3v) is 4.44. The maximum Gasteiger partial charge on any atom is 0.259 e. The quantitative estimate of drug-likeness (QED) is 0.744. The molecular formula is C13H15N5OS. The lowest BCUT2D eigenvalue weighted by Gasteiger charge is -2.14. The zero-order valence-corrected chi connectivity index (χ0v) is 12.6. The first-order valence-corrected chi connectivity index (χ1v) is 7.07. The Morgan fingerprint density at radius 1 is 1.35 bits per heavy atom. The summed E-state index contributed by atoms with van der Waals surface area (Å²) in [5, 5.41) is 8.46. The molecule has 20 heavy (non-hydrogen) atoms. The Labute approximate surface area is 119 Å². The van der Waals surface area contributed by atoms with Gasteiger partial charge >= 0.3 is 0 Å². The molecule has 0 amide bonds. The van der Waals surface area contributed by atoms with E-state index >= 15 is 0 Å². The highest BCUT2D eigenvalue weighted by molar-refractivity contribution is 7.18. The molecular weight excluding hydrogens is 274 g/mol. The van der Waals surface area contributed by atoms with Crippen molar-refractivity contribution in [3.63, 3.8) is 0 Å². The van der Waals surface area contributed by atoms with E-state index in [9.17, 15) is 4.79 Å². The van der Waals surface area contributed by atoms with Crippen molar-refractivity contribution in [3.8, 4) is 11.5 Å². The van der Waals surface area contributed by atoms with Gasteiger partial charge in [0.1, 0.15) is 10.5 Å². The van der Waals surface area contributed by atoms with Gasteiger partial charge in [0.25, 0.3) is 5.56 Å². The molecule has 6 nitrogen and oxygen atoms in total. The molecule has 0 saturated carbocycles. The Morgan fingerprint density at radius 3 is 2.70 bits per heavy atom. The summed E-state index contributed by atoms with van der Waals surface area (Å²) in [6, 6.07) is 1.92. The zero-order valence-electron chi connectivity index (χ0n) is 11.8.